The van der Waals surface area contributed by atoms with Gasteiger partial charge in [0.25, 0.3) is 0 Å². The van der Waals surface area contributed by atoms with Crippen molar-refractivity contribution < 1.29 is 48.0 Å². The SMILES string of the molecule is COCCCC(=O)Oc1cccc2c1C(=O)c1c(OC(=O)CCCOC)cc(C(=O)O)cc1C2=O. The first-order valence-corrected chi connectivity index (χ1v) is 10.8. The van der Waals surface area contributed by atoms with E-state index in [2.05, 4.69) is 0 Å². The van der Waals surface area contributed by atoms with Crippen molar-refractivity contribution in [3.63, 3.8) is 0 Å². The maximum atomic E-state index is 13.5. The van der Waals surface area contributed by atoms with Crippen molar-refractivity contribution in [1.29, 1.82) is 0 Å². The number of ether oxygens (including phenoxy) is 4. The second-order valence-electron chi connectivity index (χ2n) is 7.68. The lowest BCUT2D eigenvalue weighted by Gasteiger charge is -2.22. The minimum atomic E-state index is -1.37. The predicted octanol–water partition coefficient (Wildman–Crippen LogP) is 2.82. The minimum Gasteiger partial charge on any atom is -0.478 e. The molecular weight excluding hydrogens is 460 g/mol. The molecular formula is C25H24O10. The van der Waals surface area contributed by atoms with E-state index in [0.29, 0.717) is 26.1 Å². The molecule has 1 aliphatic rings. The molecule has 0 spiro atoms. The second kappa shape index (κ2) is 11.5. The molecule has 184 valence electrons. The number of rotatable bonds is 11. The quantitative estimate of drug-likeness (QED) is 0.245. The summed E-state index contributed by atoms with van der Waals surface area (Å²) in [6.07, 6.45) is 0.724. The number of methoxy groups -OCH3 is 2. The summed E-state index contributed by atoms with van der Waals surface area (Å²) in [5, 5.41) is 9.48. The lowest BCUT2D eigenvalue weighted by atomic mass is 9.82. The first kappa shape index (κ1) is 25.7. The summed E-state index contributed by atoms with van der Waals surface area (Å²) in [6.45, 7) is 0.643. The number of carboxylic acid groups (broad SMARTS) is 1. The van der Waals surface area contributed by atoms with Crippen molar-refractivity contribution in [3.8, 4) is 11.5 Å². The number of hydrogen-bond acceptors (Lipinski definition) is 9. The maximum Gasteiger partial charge on any atom is 0.335 e. The van der Waals surface area contributed by atoms with Gasteiger partial charge in [-0.3, -0.25) is 19.2 Å². The van der Waals surface area contributed by atoms with Gasteiger partial charge in [-0.25, -0.2) is 4.79 Å². The summed E-state index contributed by atoms with van der Waals surface area (Å²) in [7, 11) is 2.97. The van der Waals surface area contributed by atoms with Crippen LogP contribution in [-0.2, 0) is 19.1 Å². The third-order valence-electron chi connectivity index (χ3n) is 5.23. The van der Waals surface area contributed by atoms with E-state index in [1.165, 1.54) is 32.4 Å². The van der Waals surface area contributed by atoms with Gasteiger partial charge in [-0.2, -0.15) is 0 Å². The van der Waals surface area contributed by atoms with Gasteiger partial charge in [0.2, 0.25) is 5.78 Å². The van der Waals surface area contributed by atoms with Crippen LogP contribution in [0.15, 0.2) is 30.3 Å². The van der Waals surface area contributed by atoms with Crippen molar-refractivity contribution in [2.24, 2.45) is 0 Å². The van der Waals surface area contributed by atoms with Crippen LogP contribution in [0.2, 0.25) is 0 Å². The number of ketones is 2. The highest BCUT2D eigenvalue weighted by atomic mass is 16.5. The number of carbonyl (C=O) groups excluding carboxylic acids is 4. The van der Waals surface area contributed by atoms with Gasteiger partial charge in [-0.05, 0) is 31.0 Å². The summed E-state index contributed by atoms with van der Waals surface area (Å²) in [5.41, 5.74) is -1.02. The largest absolute Gasteiger partial charge is 0.478 e. The number of hydrogen-bond donors (Lipinski definition) is 1. The Kier molecular flexibility index (Phi) is 8.45. The molecule has 1 aliphatic carbocycles. The fourth-order valence-electron chi connectivity index (χ4n) is 3.61. The molecule has 35 heavy (non-hydrogen) atoms. The van der Waals surface area contributed by atoms with Gasteiger partial charge in [0, 0.05) is 51.4 Å². The zero-order valence-electron chi connectivity index (χ0n) is 19.3. The third kappa shape index (κ3) is 5.79. The molecule has 0 heterocycles. The van der Waals surface area contributed by atoms with Gasteiger partial charge in [0.1, 0.15) is 11.5 Å². The summed E-state index contributed by atoms with van der Waals surface area (Å²) >= 11 is 0. The number of fused-ring (bicyclic) bond motifs is 2. The molecule has 0 radical (unpaired) electrons. The lowest BCUT2D eigenvalue weighted by Crippen LogP contribution is -2.25. The molecule has 0 fully saturated rings. The molecule has 0 atom stereocenters. The molecule has 2 aromatic rings. The summed E-state index contributed by atoms with van der Waals surface area (Å²) in [4.78, 5) is 63.0. The first-order chi connectivity index (χ1) is 16.8. The summed E-state index contributed by atoms with van der Waals surface area (Å²) in [6, 6.07) is 6.29. The van der Waals surface area contributed by atoms with E-state index >= 15 is 0 Å². The highest BCUT2D eigenvalue weighted by Gasteiger charge is 2.37. The predicted molar refractivity (Wildman–Crippen MR) is 120 cm³/mol. The number of benzene rings is 2. The number of carbonyl (C=O) groups is 5. The van der Waals surface area contributed by atoms with Gasteiger partial charge >= 0.3 is 17.9 Å². The molecule has 0 unspecified atom stereocenters. The van der Waals surface area contributed by atoms with E-state index in [1.807, 2.05) is 0 Å². The van der Waals surface area contributed by atoms with E-state index in [1.54, 1.807) is 0 Å². The fourth-order valence-corrected chi connectivity index (χ4v) is 3.61. The van der Waals surface area contributed by atoms with Crippen molar-refractivity contribution in [2.75, 3.05) is 27.4 Å². The van der Waals surface area contributed by atoms with Crippen LogP contribution in [-0.4, -0.2) is 62.0 Å². The van der Waals surface area contributed by atoms with E-state index in [4.69, 9.17) is 18.9 Å². The highest BCUT2D eigenvalue weighted by molar-refractivity contribution is 6.30. The van der Waals surface area contributed by atoms with Crippen LogP contribution >= 0.6 is 0 Å². The van der Waals surface area contributed by atoms with Crippen LogP contribution in [0.1, 0.15) is 67.9 Å². The van der Waals surface area contributed by atoms with E-state index in [9.17, 15) is 29.1 Å². The zero-order chi connectivity index (χ0) is 25.5. The second-order valence-corrected chi connectivity index (χ2v) is 7.68. The Morgan fingerprint density at radius 3 is 1.91 bits per heavy atom. The third-order valence-corrected chi connectivity index (χ3v) is 5.23. The molecule has 2 aromatic carbocycles. The molecule has 0 saturated carbocycles. The number of esters is 2. The van der Waals surface area contributed by atoms with E-state index in [0.717, 1.165) is 12.1 Å². The van der Waals surface area contributed by atoms with Crippen molar-refractivity contribution >= 4 is 29.5 Å². The van der Waals surface area contributed by atoms with Crippen molar-refractivity contribution in [2.45, 2.75) is 25.7 Å². The number of aromatic carboxylic acids is 1. The average molecular weight is 484 g/mol. The van der Waals surface area contributed by atoms with Gasteiger partial charge in [-0.1, -0.05) is 12.1 Å². The lowest BCUT2D eigenvalue weighted by molar-refractivity contribution is -0.135. The van der Waals surface area contributed by atoms with Crippen LogP contribution in [0.4, 0.5) is 0 Å². The highest BCUT2D eigenvalue weighted by Crippen LogP contribution is 2.38. The van der Waals surface area contributed by atoms with Crippen LogP contribution in [0.5, 0.6) is 11.5 Å². The molecule has 10 heteroatoms. The molecule has 0 aromatic heterocycles. The maximum absolute atomic E-state index is 13.5. The Bertz CT molecular complexity index is 1180. The summed E-state index contributed by atoms with van der Waals surface area (Å²) < 4.78 is 20.5. The van der Waals surface area contributed by atoms with Gasteiger partial charge < -0.3 is 24.1 Å². The van der Waals surface area contributed by atoms with Gasteiger partial charge in [0.15, 0.2) is 5.78 Å². The Labute approximate surface area is 200 Å². The molecule has 1 N–H and O–H groups in total. The van der Waals surface area contributed by atoms with Crippen LogP contribution < -0.4 is 9.47 Å². The van der Waals surface area contributed by atoms with Crippen LogP contribution in [0.3, 0.4) is 0 Å². The molecule has 0 bridgehead atoms. The molecule has 0 saturated heterocycles. The normalized spacial score (nSPS) is 12.1. The Balaban J connectivity index is 2.03. The average Bonchev–Trinajstić information content (AvgIpc) is 2.82. The topological polar surface area (TPSA) is 143 Å². The van der Waals surface area contributed by atoms with Crippen LogP contribution in [0, 0.1) is 0 Å². The minimum absolute atomic E-state index is 0.0303. The molecule has 0 aliphatic heterocycles. The van der Waals surface area contributed by atoms with Crippen molar-refractivity contribution in [3.05, 3.63) is 58.1 Å². The Morgan fingerprint density at radius 1 is 0.771 bits per heavy atom. The van der Waals surface area contributed by atoms with E-state index in [-0.39, 0.29) is 52.2 Å². The molecule has 10 nitrogen and oxygen atoms in total. The fraction of sp³-hybridized carbons (Fsp3) is 0.320. The summed E-state index contributed by atoms with van der Waals surface area (Å²) in [5.74, 6) is -4.57. The molecule has 3 rings (SSSR count). The monoisotopic (exact) mass is 484 g/mol. The van der Waals surface area contributed by atoms with E-state index < -0.39 is 29.5 Å². The number of carboxylic acids is 1. The smallest absolute Gasteiger partial charge is 0.335 e. The van der Waals surface area contributed by atoms with Gasteiger partial charge in [0.05, 0.1) is 16.7 Å². The van der Waals surface area contributed by atoms with Gasteiger partial charge in [-0.15, -0.1) is 0 Å². The molecule has 0 amide bonds. The first-order valence-electron chi connectivity index (χ1n) is 10.8. The van der Waals surface area contributed by atoms with Crippen LogP contribution in [0.25, 0.3) is 0 Å². The van der Waals surface area contributed by atoms with Crippen molar-refractivity contribution in [1.82, 2.24) is 0 Å². The standard InChI is InChI=1S/C25H24O10/c1-32-10-4-8-19(26)34-17-7-3-6-15-21(17)24(29)22-16(23(15)28)12-14(25(30)31)13-18(22)35-20(27)9-5-11-33-2/h3,6-7,12-13H,4-5,8-11H2,1-2H3,(H,30,31). The zero-order valence-corrected chi connectivity index (χ0v) is 19.3. The Morgan fingerprint density at radius 2 is 1.34 bits per heavy atom. The Hall–Kier alpha value is -3.89.